The zero-order chi connectivity index (χ0) is 29.3. The zero-order valence-corrected chi connectivity index (χ0v) is 23.0. The number of pyridine rings is 2. The summed E-state index contributed by atoms with van der Waals surface area (Å²) in [5, 5.41) is 3.36. The van der Waals surface area contributed by atoms with Gasteiger partial charge in [-0.3, -0.25) is 14.7 Å². The lowest BCUT2D eigenvalue weighted by atomic mass is 10.00. The fraction of sp³-hybridized carbons (Fsp3) is 0.152. The second kappa shape index (κ2) is 13.3. The highest BCUT2D eigenvalue weighted by Gasteiger charge is 2.21. The van der Waals surface area contributed by atoms with Gasteiger partial charge in [0.15, 0.2) is 0 Å². The zero-order valence-electron chi connectivity index (χ0n) is 23.0. The smallest absolute Gasteiger partial charge is 0.417 e. The van der Waals surface area contributed by atoms with Crippen LogP contribution in [0.3, 0.4) is 0 Å². The van der Waals surface area contributed by atoms with Gasteiger partial charge in [0.05, 0.1) is 18.8 Å². The summed E-state index contributed by atoms with van der Waals surface area (Å²) in [6, 6.07) is 28.3. The van der Waals surface area contributed by atoms with Crippen LogP contribution < -0.4 is 20.3 Å². The molecule has 0 saturated carbocycles. The van der Waals surface area contributed by atoms with Crippen molar-refractivity contribution in [1.82, 2.24) is 9.55 Å². The highest BCUT2D eigenvalue weighted by molar-refractivity contribution is 6.03. The maximum Gasteiger partial charge on any atom is 0.417 e. The molecule has 0 bridgehead atoms. The number of aromatic nitrogens is 2. The number of carbonyl (C=O) groups excluding carboxylic acids is 2. The van der Waals surface area contributed by atoms with Crippen LogP contribution in [0.25, 0.3) is 22.2 Å². The number of nitrogens with zero attached hydrogens (tertiary/aromatic N) is 2. The molecule has 212 valence electrons. The SMILES string of the molecule is CCn1c(=O)c(NC(=O)Oc2ccccc2)c(-c2cccc(OCCCOC(=O)c3ccccc3)c2)c2cccnc21. The van der Waals surface area contributed by atoms with Gasteiger partial charge in [-0.2, -0.15) is 0 Å². The summed E-state index contributed by atoms with van der Waals surface area (Å²) in [6.07, 6.45) is 1.32. The summed E-state index contributed by atoms with van der Waals surface area (Å²) in [5.74, 6) is 0.516. The fourth-order valence-corrected chi connectivity index (χ4v) is 4.53. The third-order valence-electron chi connectivity index (χ3n) is 6.44. The number of amides is 1. The molecule has 1 amide bonds. The van der Waals surface area contributed by atoms with Gasteiger partial charge in [0.1, 0.15) is 22.8 Å². The van der Waals surface area contributed by atoms with Gasteiger partial charge in [-0.25, -0.2) is 14.6 Å². The molecule has 5 rings (SSSR count). The summed E-state index contributed by atoms with van der Waals surface area (Å²) in [5.41, 5.74) is 1.80. The normalized spacial score (nSPS) is 10.7. The highest BCUT2D eigenvalue weighted by atomic mass is 16.6. The van der Waals surface area contributed by atoms with E-state index in [4.69, 9.17) is 14.2 Å². The van der Waals surface area contributed by atoms with Crippen LogP contribution >= 0.6 is 0 Å². The number of nitrogens with one attached hydrogen (secondary N) is 1. The molecule has 2 aromatic heterocycles. The Morgan fingerprint density at radius 3 is 2.36 bits per heavy atom. The Labute approximate surface area is 242 Å². The van der Waals surface area contributed by atoms with Crippen molar-refractivity contribution in [2.24, 2.45) is 0 Å². The fourth-order valence-electron chi connectivity index (χ4n) is 4.53. The largest absolute Gasteiger partial charge is 0.493 e. The molecule has 0 aliphatic carbocycles. The maximum absolute atomic E-state index is 13.7. The van der Waals surface area contributed by atoms with Crippen LogP contribution in [-0.2, 0) is 11.3 Å². The summed E-state index contributed by atoms with van der Waals surface area (Å²) in [6.45, 7) is 2.70. The van der Waals surface area contributed by atoms with Crippen LogP contribution in [0, 0.1) is 0 Å². The first-order valence-electron chi connectivity index (χ1n) is 13.6. The Bertz CT molecular complexity index is 1750. The summed E-state index contributed by atoms with van der Waals surface area (Å²) in [7, 11) is 0. The van der Waals surface area contributed by atoms with Crippen LogP contribution in [0.1, 0.15) is 23.7 Å². The average Bonchev–Trinajstić information content (AvgIpc) is 3.02. The number of esters is 1. The van der Waals surface area contributed by atoms with E-state index >= 15 is 0 Å². The van der Waals surface area contributed by atoms with E-state index in [1.165, 1.54) is 4.57 Å². The summed E-state index contributed by atoms with van der Waals surface area (Å²) >= 11 is 0. The molecule has 0 aliphatic rings. The van der Waals surface area contributed by atoms with Crippen LogP contribution in [-0.4, -0.2) is 34.8 Å². The van der Waals surface area contributed by atoms with Gasteiger partial charge < -0.3 is 14.2 Å². The van der Waals surface area contributed by atoms with Gasteiger partial charge in [-0.15, -0.1) is 0 Å². The van der Waals surface area contributed by atoms with E-state index in [1.54, 1.807) is 79.0 Å². The van der Waals surface area contributed by atoms with Crippen LogP contribution in [0.2, 0.25) is 0 Å². The van der Waals surface area contributed by atoms with Crippen molar-refractivity contribution in [3.05, 3.63) is 119 Å². The third kappa shape index (κ3) is 6.47. The number of carbonyl (C=O) groups is 2. The molecule has 0 unspecified atom stereocenters. The van der Waals surface area contributed by atoms with E-state index < -0.39 is 11.7 Å². The van der Waals surface area contributed by atoms with Crippen LogP contribution in [0.5, 0.6) is 11.5 Å². The molecule has 5 aromatic rings. The molecule has 0 radical (unpaired) electrons. The molecule has 0 atom stereocenters. The van der Waals surface area contributed by atoms with Crippen LogP contribution in [0.4, 0.5) is 10.5 Å². The minimum absolute atomic E-state index is 0.0725. The number of aryl methyl sites for hydroxylation is 1. The van der Waals surface area contributed by atoms with E-state index in [0.29, 0.717) is 58.8 Å². The van der Waals surface area contributed by atoms with Crippen molar-refractivity contribution < 1.29 is 23.8 Å². The molecule has 42 heavy (non-hydrogen) atoms. The topological polar surface area (TPSA) is 109 Å². The van der Waals surface area contributed by atoms with E-state index in [9.17, 15) is 14.4 Å². The van der Waals surface area contributed by atoms with Crippen LogP contribution in [0.15, 0.2) is 108 Å². The third-order valence-corrected chi connectivity index (χ3v) is 6.44. The number of rotatable bonds is 10. The lowest BCUT2D eigenvalue weighted by molar-refractivity contribution is 0.0486. The lowest BCUT2D eigenvalue weighted by Gasteiger charge is -2.18. The molecule has 0 fully saturated rings. The summed E-state index contributed by atoms with van der Waals surface area (Å²) in [4.78, 5) is 43.2. The minimum Gasteiger partial charge on any atom is -0.493 e. The van der Waals surface area contributed by atoms with Crippen molar-refractivity contribution in [2.75, 3.05) is 18.5 Å². The monoisotopic (exact) mass is 563 g/mol. The molecule has 1 N–H and O–H groups in total. The minimum atomic E-state index is -0.789. The number of para-hydroxylation sites is 1. The molecule has 2 heterocycles. The Kier molecular flexibility index (Phi) is 8.88. The van der Waals surface area contributed by atoms with Gasteiger partial charge in [0, 0.05) is 30.1 Å². The first-order chi connectivity index (χ1) is 20.5. The van der Waals surface area contributed by atoms with E-state index in [-0.39, 0.29) is 18.3 Å². The quantitative estimate of drug-likeness (QED) is 0.156. The molecule has 3 aromatic carbocycles. The first-order valence-corrected chi connectivity index (χ1v) is 13.6. The molecule has 0 saturated heterocycles. The Morgan fingerprint density at radius 1 is 0.857 bits per heavy atom. The average molecular weight is 564 g/mol. The predicted octanol–water partition coefficient (Wildman–Crippen LogP) is 6.32. The highest BCUT2D eigenvalue weighted by Crippen LogP contribution is 2.34. The van der Waals surface area contributed by atoms with Gasteiger partial charge in [-0.1, -0.05) is 48.5 Å². The molecule has 0 aliphatic heterocycles. The molecule has 9 nitrogen and oxygen atoms in total. The van der Waals surface area contributed by atoms with Crippen molar-refractivity contribution in [3.8, 4) is 22.6 Å². The van der Waals surface area contributed by atoms with Gasteiger partial charge in [-0.05, 0) is 61.0 Å². The van der Waals surface area contributed by atoms with Crippen molar-refractivity contribution >= 4 is 28.8 Å². The van der Waals surface area contributed by atoms with E-state index in [1.807, 2.05) is 31.2 Å². The Morgan fingerprint density at radius 2 is 1.60 bits per heavy atom. The molecular weight excluding hydrogens is 534 g/mol. The molecule has 0 spiro atoms. The number of ether oxygens (including phenoxy) is 3. The predicted molar refractivity (Wildman–Crippen MR) is 160 cm³/mol. The summed E-state index contributed by atoms with van der Waals surface area (Å²) < 4.78 is 18.2. The first kappa shape index (κ1) is 28.1. The van der Waals surface area contributed by atoms with Crippen molar-refractivity contribution in [3.63, 3.8) is 0 Å². The molecule has 9 heteroatoms. The van der Waals surface area contributed by atoms with E-state index in [0.717, 1.165) is 0 Å². The number of fused-ring (bicyclic) bond motifs is 1. The van der Waals surface area contributed by atoms with Gasteiger partial charge >= 0.3 is 12.1 Å². The Hall–Kier alpha value is -5.44. The second-order valence-corrected chi connectivity index (χ2v) is 9.23. The van der Waals surface area contributed by atoms with E-state index in [2.05, 4.69) is 10.3 Å². The lowest BCUT2D eigenvalue weighted by Crippen LogP contribution is -2.28. The maximum atomic E-state index is 13.7. The number of hydrogen-bond donors (Lipinski definition) is 1. The number of anilines is 1. The second-order valence-electron chi connectivity index (χ2n) is 9.23. The standard InChI is InChI=1S/C33H29N3O6/c1-2-36-30-27(18-10-19-34-30)28(29(31(36)37)35-33(39)42-25-15-7-4-8-16-25)24-14-9-17-26(22-24)40-20-11-21-41-32(38)23-12-5-3-6-13-23/h3-10,12-19,22H,2,11,20-21H2,1H3,(H,35,39). The van der Waals surface area contributed by atoms with Gasteiger partial charge in [0.25, 0.3) is 5.56 Å². The number of hydrogen-bond acceptors (Lipinski definition) is 7. The molecular formula is C33H29N3O6. The number of benzene rings is 3. The van der Waals surface area contributed by atoms with Crippen molar-refractivity contribution in [1.29, 1.82) is 0 Å². The van der Waals surface area contributed by atoms with Crippen molar-refractivity contribution in [2.45, 2.75) is 19.9 Å². The Balaban J connectivity index is 1.38. The van der Waals surface area contributed by atoms with Gasteiger partial charge in [0.2, 0.25) is 0 Å².